The zero-order valence-corrected chi connectivity index (χ0v) is 16.9. The minimum Gasteiger partial charge on any atom is -0.493 e. The van der Waals surface area contributed by atoms with Gasteiger partial charge in [-0.15, -0.1) is 0 Å². The van der Waals surface area contributed by atoms with Crippen molar-refractivity contribution in [3.8, 4) is 23.3 Å². The van der Waals surface area contributed by atoms with Gasteiger partial charge in [0.15, 0.2) is 34.8 Å². The molecule has 13 heteroatoms. The smallest absolute Gasteiger partial charge is 0.271 e. The lowest BCUT2D eigenvalue weighted by Crippen LogP contribution is -2.06. The largest absolute Gasteiger partial charge is 0.493 e. The fourth-order valence-electron chi connectivity index (χ4n) is 2.65. The lowest BCUT2D eigenvalue weighted by Gasteiger charge is -2.12. The second kappa shape index (κ2) is 9.82. The number of methoxy groups -OCH3 is 1. The van der Waals surface area contributed by atoms with Crippen molar-refractivity contribution in [2.75, 3.05) is 12.5 Å². The van der Waals surface area contributed by atoms with E-state index in [2.05, 4.69) is 5.10 Å². The molecule has 0 saturated carbocycles. The molecule has 0 aliphatic carbocycles. The van der Waals surface area contributed by atoms with E-state index >= 15 is 0 Å². The highest BCUT2D eigenvalue weighted by Crippen LogP contribution is 2.35. The monoisotopic (exact) mass is 478 g/mol. The number of hydrogen-bond acceptors (Lipinski definition) is 7. The van der Waals surface area contributed by atoms with Gasteiger partial charge >= 0.3 is 0 Å². The van der Waals surface area contributed by atoms with Crippen LogP contribution in [0.3, 0.4) is 0 Å². The summed E-state index contributed by atoms with van der Waals surface area (Å²) in [5.41, 5.74) is 0.301. The van der Waals surface area contributed by atoms with Gasteiger partial charge in [0.25, 0.3) is 5.69 Å². The standard InChI is InChI=1S/C21H11F5N4O4/c1-33-15-6-10(9-28-29-21-19(25)17(23)16(22)18(24)20(21)26)2-4-14(15)34-13-5-3-12(30(31)32)7-11(13)8-27/h2-7,9,29H,1H3/b28-9-. The molecule has 0 aromatic heterocycles. The third kappa shape index (κ3) is 4.70. The van der Waals surface area contributed by atoms with E-state index in [0.29, 0.717) is 0 Å². The highest BCUT2D eigenvalue weighted by atomic mass is 19.2. The van der Waals surface area contributed by atoms with E-state index in [0.717, 1.165) is 18.3 Å². The Balaban J connectivity index is 1.84. The van der Waals surface area contributed by atoms with Crippen LogP contribution >= 0.6 is 0 Å². The first-order chi connectivity index (χ1) is 16.2. The average Bonchev–Trinajstić information content (AvgIpc) is 2.84. The Kier molecular flexibility index (Phi) is 6.91. The summed E-state index contributed by atoms with van der Waals surface area (Å²) in [6.45, 7) is 0. The second-order valence-corrected chi connectivity index (χ2v) is 6.38. The first-order valence-corrected chi connectivity index (χ1v) is 9.02. The number of hydrogen-bond donors (Lipinski definition) is 1. The van der Waals surface area contributed by atoms with Crippen molar-refractivity contribution in [1.29, 1.82) is 5.26 Å². The van der Waals surface area contributed by atoms with Crippen LogP contribution in [0.5, 0.6) is 17.2 Å². The van der Waals surface area contributed by atoms with Crippen LogP contribution in [0, 0.1) is 50.5 Å². The Bertz CT molecular complexity index is 1330. The van der Waals surface area contributed by atoms with Gasteiger partial charge in [-0.1, -0.05) is 0 Å². The molecular weight excluding hydrogens is 467 g/mol. The quantitative estimate of drug-likeness (QED) is 0.121. The molecule has 8 nitrogen and oxygen atoms in total. The SMILES string of the molecule is COc1cc(/C=N\Nc2c(F)c(F)c(F)c(F)c2F)ccc1Oc1ccc([N+](=O)[O-])cc1C#N. The summed E-state index contributed by atoms with van der Waals surface area (Å²) < 4.78 is 77.8. The van der Waals surface area contributed by atoms with Gasteiger partial charge < -0.3 is 9.47 Å². The fourth-order valence-corrected chi connectivity index (χ4v) is 2.65. The number of nitrogens with zero attached hydrogens (tertiary/aromatic N) is 3. The molecule has 0 spiro atoms. The van der Waals surface area contributed by atoms with Crippen molar-refractivity contribution >= 4 is 17.6 Å². The van der Waals surface area contributed by atoms with Crippen LogP contribution in [-0.4, -0.2) is 18.2 Å². The highest BCUT2D eigenvalue weighted by Gasteiger charge is 2.25. The van der Waals surface area contributed by atoms with Crippen molar-refractivity contribution in [2.24, 2.45) is 5.10 Å². The number of nitro groups is 1. The molecule has 0 radical (unpaired) electrons. The molecule has 1 N–H and O–H groups in total. The van der Waals surface area contributed by atoms with Crippen LogP contribution in [0.25, 0.3) is 0 Å². The predicted octanol–water partition coefficient (Wildman–Crippen LogP) is 5.41. The molecule has 0 aliphatic heterocycles. The maximum atomic E-state index is 13.7. The fraction of sp³-hybridized carbons (Fsp3) is 0.0476. The summed E-state index contributed by atoms with van der Waals surface area (Å²) in [5.74, 6) is -10.5. The van der Waals surface area contributed by atoms with Crippen molar-refractivity contribution in [3.63, 3.8) is 0 Å². The van der Waals surface area contributed by atoms with Crippen molar-refractivity contribution in [2.45, 2.75) is 0 Å². The molecule has 3 aromatic carbocycles. The van der Waals surface area contributed by atoms with E-state index in [-0.39, 0.29) is 34.1 Å². The van der Waals surface area contributed by atoms with Crippen LogP contribution in [0.4, 0.5) is 33.3 Å². The third-order valence-corrected chi connectivity index (χ3v) is 4.30. The van der Waals surface area contributed by atoms with Crippen LogP contribution in [0.2, 0.25) is 0 Å². The number of nitriles is 1. The topological polar surface area (TPSA) is 110 Å². The van der Waals surface area contributed by atoms with Gasteiger partial charge in [-0.2, -0.15) is 10.4 Å². The van der Waals surface area contributed by atoms with Gasteiger partial charge in [0.2, 0.25) is 5.82 Å². The second-order valence-electron chi connectivity index (χ2n) is 6.38. The van der Waals surface area contributed by atoms with Crippen molar-refractivity contribution in [1.82, 2.24) is 0 Å². The van der Waals surface area contributed by atoms with E-state index in [4.69, 9.17) is 9.47 Å². The normalized spacial score (nSPS) is 10.7. The van der Waals surface area contributed by atoms with Gasteiger partial charge in [-0.3, -0.25) is 15.5 Å². The van der Waals surface area contributed by atoms with E-state index in [1.807, 2.05) is 0 Å². The Morgan fingerprint density at radius 3 is 2.18 bits per heavy atom. The number of nitrogens with one attached hydrogen (secondary N) is 1. The van der Waals surface area contributed by atoms with E-state index in [1.54, 1.807) is 11.5 Å². The maximum absolute atomic E-state index is 13.7. The number of halogens is 5. The Morgan fingerprint density at radius 2 is 1.59 bits per heavy atom. The Morgan fingerprint density at radius 1 is 0.971 bits per heavy atom. The zero-order valence-electron chi connectivity index (χ0n) is 16.9. The van der Waals surface area contributed by atoms with Gasteiger partial charge in [-0.05, 0) is 29.8 Å². The summed E-state index contributed by atoms with van der Waals surface area (Å²) in [4.78, 5) is 10.2. The van der Waals surface area contributed by atoms with Gasteiger partial charge in [0, 0.05) is 12.1 Å². The number of nitro benzene ring substituents is 1. The lowest BCUT2D eigenvalue weighted by atomic mass is 10.2. The number of benzene rings is 3. The number of non-ortho nitro benzene ring substituents is 1. The number of anilines is 1. The molecule has 3 aromatic rings. The lowest BCUT2D eigenvalue weighted by molar-refractivity contribution is -0.384. The van der Waals surface area contributed by atoms with Crippen molar-refractivity contribution < 1.29 is 36.3 Å². The molecule has 3 rings (SSSR count). The highest BCUT2D eigenvalue weighted by molar-refractivity contribution is 5.81. The number of ether oxygens (including phenoxy) is 2. The number of rotatable bonds is 7. The molecule has 0 bridgehead atoms. The molecular formula is C21H11F5N4O4. The van der Waals surface area contributed by atoms with Crippen LogP contribution in [0.1, 0.15) is 11.1 Å². The zero-order chi connectivity index (χ0) is 25.0. The summed E-state index contributed by atoms with van der Waals surface area (Å²) in [6, 6.07) is 9.34. The Hall–Kier alpha value is -4.73. The van der Waals surface area contributed by atoms with E-state index in [1.165, 1.54) is 31.4 Å². The molecule has 0 saturated heterocycles. The predicted molar refractivity (Wildman–Crippen MR) is 108 cm³/mol. The number of hydrazone groups is 1. The molecule has 0 atom stereocenters. The van der Waals surface area contributed by atoms with E-state index in [9.17, 15) is 37.3 Å². The van der Waals surface area contributed by atoms with Gasteiger partial charge in [0.1, 0.15) is 23.1 Å². The Labute approximate surface area is 187 Å². The molecule has 0 heterocycles. The molecule has 0 fully saturated rings. The molecule has 0 unspecified atom stereocenters. The molecule has 34 heavy (non-hydrogen) atoms. The summed E-state index contributed by atoms with van der Waals surface area (Å²) in [6.07, 6.45) is 1.01. The minimum atomic E-state index is -2.29. The molecule has 0 amide bonds. The summed E-state index contributed by atoms with van der Waals surface area (Å²) >= 11 is 0. The summed E-state index contributed by atoms with van der Waals surface area (Å²) in [5, 5.41) is 23.6. The van der Waals surface area contributed by atoms with E-state index < -0.39 is 39.7 Å². The molecule has 0 aliphatic rings. The first-order valence-electron chi connectivity index (χ1n) is 9.02. The minimum absolute atomic E-state index is 0.0146. The van der Waals surface area contributed by atoms with Gasteiger partial charge in [0.05, 0.1) is 18.2 Å². The van der Waals surface area contributed by atoms with Crippen LogP contribution in [0.15, 0.2) is 41.5 Å². The summed E-state index contributed by atoms with van der Waals surface area (Å²) in [7, 11) is 1.29. The third-order valence-electron chi connectivity index (χ3n) is 4.30. The molecule has 174 valence electrons. The van der Waals surface area contributed by atoms with Crippen LogP contribution < -0.4 is 14.9 Å². The van der Waals surface area contributed by atoms with Crippen LogP contribution in [-0.2, 0) is 0 Å². The maximum Gasteiger partial charge on any atom is 0.271 e. The first kappa shape index (κ1) is 23.9. The van der Waals surface area contributed by atoms with Gasteiger partial charge in [-0.25, -0.2) is 22.0 Å². The van der Waals surface area contributed by atoms with Crippen molar-refractivity contribution in [3.05, 3.63) is 86.7 Å². The average molecular weight is 478 g/mol.